The van der Waals surface area contributed by atoms with E-state index >= 15 is 0 Å². The van der Waals surface area contributed by atoms with E-state index in [9.17, 15) is 8.42 Å². The standard InChI is InChI=1S/C16H25NO3S/c1-4-13-11-14(9-10-16(13)20-3)21(18,19)17-15-8-6-5-7-12(15)2/h9-12,15,17H,4-8H2,1-3H3/t12-,15-/m0/s1. The molecule has 0 radical (unpaired) electrons. The highest BCUT2D eigenvalue weighted by molar-refractivity contribution is 7.89. The third kappa shape index (κ3) is 3.77. The predicted molar refractivity (Wildman–Crippen MR) is 84.1 cm³/mol. The summed E-state index contributed by atoms with van der Waals surface area (Å²) in [5.74, 6) is 1.14. The number of hydrogen-bond acceptors (Lipinski definition) is 3. The average molecular weight is 311 g/mol. The molecule has 1 fully saturated rings. The van der Waals surface area contributed by atoms with Gasteiger partial charge < -0.3 is 4.74 Å². The third-order valence-corrected chi connectivity index (χ3v) is 5.85. The maximum absolute atomic E-state index is 12.6. The summed E-state index contributed by atoms with van der Waals surface area (Å²) in [5, 5.41) is 0. The van der Waals surface area contributed by atoms with Crippen molar-refractivity contribution in [2.75, 3.05) is 7.11 Å². The number of nitrogens with one attached hydrogen (secondary N) is 1. The van der Waals surface area contributed by atoms with Crippen molar-refractivity contribution in [1.29, 1.82) is 0 Å². The number of aryl methyl sites for hydroxylation is 1. The van der Waals surface area contributed by atoms with E-state index in [1.54, 1.807) is 25.3 Å². The number of benzene rings is 1. The molecule has 0 heterocycles. The highest BCUT2D eigenvalue weighted by atomic mass is 32.2. The molecule has 0 bridgehead atoms. The average Bonchev–Trinajstić information content (AvgIpc) is 2.48. The van der Waals surface area contributed by atoms with Crippen LogP contribution in [0, 0.1) is 5.92 Å². The molecule has 1 aromatic rings. The highest BCUT2D eigenvalue weighted by Gasteiger charge is 2.27. The van der Waals surface area contributed by atoms with E-state index in [4.69, 9.17) is 4.74 Å². The zero-order chi connectivity index (χ0) is 15.5. The van der Waals surface area contributed by atoms with Crippen molar-refractivity contribution in [3.8, 4) is 5.75 Å². The lowest BCUT2D eigenvalue weighted by atomic mass is 9.87. The summed E-state index contributed by atoms with van der Waals surface area (Å²) in [7, 11) is -1.85. The van der Waals surface area contributed by atoms with Crippen LogP contribution in [-0.4, -0.2) is 21.6 Å². The molecule has 0 unspecified atom stereocenters. The van der Waals surface area contributed by atoms with Gasteiger partial charge in [-0.15, -0.1) is 0 Å². The van der Waals surface area contributed by atoms with Crippen LogP contribution < -0.4 is 9.46 Å². The monoisotopic (exact) mass is 311 g/mol. The molecule has 2 atom stereocenters. The van der Waals surface area contributed by atoms with Gasteiger partial charge in [-0.3, -0.25) is 0 Å². The van der Waals surface area contributed by atoms with Crippen LogP contribution in [0.4, 0.5) is 0 Å². The van der Waals surface area contributed by atoms with Crippen LogP contribution in [-0.2, 0) is 16.4 Å². The van der Waals surface area contributed by atoms with E-state index in [0.717, 1.165) is 37.0 Å². The molecule has 118 valence electrons. The van der Waals surface area contributed by atoms with Crippen molar-refractivity contribution < 1.29 is 13.2 Å². The predicted octanol–water partition coefficient (Wildman–Crippen LogP) is 3.11. The Labute approximate surface area is 127 Å². The summed E-state index contributed by atoms with van der Waals surface area (Å²) in [5.41, 5.74) is 0.914. The Hall–Kier alpha value is -1.07. The molecular formula is C16H25NO3S. The molecule has 0 aliphatic heterocycles. The first-order chi connectivity index (χ1) is 9.97. The lowest BCUT2D eigenvalue weighted by Gasteiger charge is -2.29. The number of rotatable bonds is 5. The fourth-order valence-corrected chi connectivity index (χ4v) is 4.39. The maximum Gasteiger partial charge on any atom is 0.240 e. The minimum absolute atomic E-state index is 0.0518. The van der Waals surface area contributed by atoms with Crippen LogP contribution in [0.1, 0.15) is 45.1 Å². The van der Waals surface area contributed by atoms with Crippen molar-refractivity contribution in [1.82, 2.24) is 4.72 Å². The summed E-state index contributed by atoms with van der Waals surface area (Å²) in [6.45, 7) is 4.11. The number of sulfonamides is 1. The molecule has 2 rings (SSSR count). The van der Waals surface area contributed by atoms with Gasteiger partial charge in [0.05, 0.1) is 12.0 Å². The topological polar surface area (TPSA) is 55.4 Å². The van der Waals surface area contributed by atoms with Gasteiger partial charge in [0.25, 0.3) is 0 Å². The fraction of sp³-hybridized carbons (Fsp3) is 0.625. The molecule has 0 saturated heterocycles. The normalized spacial score (nSPS) is 23.0. The first-order valence-electron chi connectivity index (χ1n) is 7.67. The Balaban J connectivity index is 2.22. The first kappa shape index (κ1) is 16.3. The van der Waals surface area contributed by atoms with Gasteiger partial charge in [-0.2, -0.15) is 0 Å². The Kier molecular flexibility index (Phi) is 5.27. The van der Waals surface area contributed by atoms with E-state index in [1.165, 1.54) is 6.42 Å². The molecule has 21 heavy (non-hydrogen) atoms. The summed E-state index contributed by atoms with van der Waals surface area (Å²) in [6.07, 6.45) is 5.06. The van der Waals surface area contributed by atoms with Gasteiger partial charge in [0.15, 0.2) is 0 Å². The van der Waals surface area contributed by atoms with E-state index in [-0.39, 0.29) is 6.04 Å². The summed E-state index contributed by atoms with van der Waals surface area (Å²) >= 11 is 0. The number of methoxy groups -OCH3 is 1. The lowest BCUT2D eigenvalue weighted by Crippen LogP contribution is -2.40. The summed E-state index contributed by atoms with van der Waals surface area (Å²) in [6, 6.07) is 5.12. The van der Waals surface area contributed by atoms with Crippen LogP contribution in [0.5, 0.6) is 5.75 Å². The van der Waals surface area contributed by atoms with E-state index in [2.05, 4.69) is 11.6 Å². The molecule has 1 saturated carbocycles. The van der Waals surface area contributed by atoms with Crippen molar-refractivity contribution >= 4 is 10.0 Å². The van der Waals surface area contributed by atoms with Crippen molar-refractivity contribution in [2.24, 2.45) is 5.92 Å². The summed E-state index contributed by atoms with van der Waals surface area (Å²) < 4.78 is 33.3. The van der Waals surface area contributed by atoms with E-state index < -0.39 is 10.0 Å². The second-order valence-electron chi connectivity index (χ2n) is 5.82. The van der Waals surface area contributed by atoms with Gasteiger partial charge >= 0.3 is 0 Å². The van der Waals surface area contributed by atoms with Gasteiger partial charge in [-0.25, -0.2) is 13.1 Å². The minimum atomic E-state index is -3.46. The summed E-state index contributed by atoms with van der Waals surface area (Å²) in [4.78, 5) is 0.331. The van der Waals surface area contributed by atoms with Crippen LogP contribution in [0.25, 0.3) is 0 Å². The molecular weight excluding hydrogens is 286 g/mol. The van der Waals surface area contributed by atoms with Gasteiger partial charge in [-0.05, 0) is 48.9 Å². The van der Waals surface area contributed by atoms with Crippen molar-refractivity contribution in [3.05, 3.63) is 23.8 Å². The molecule has 0 spiro atoms. The van der Waals surface area contributed by atoms with Crippen molar-refractivity contribution in [2.45, 2.75) is 56.9 Å². The second-order valence-corrected chi connectivity index (χ2v) is 7.53. The number of ether oxygens (including phenoxy) is 1. The van der Waals surface area contributed by atoms with Crippen LogP contribution in [0.15, 0.2) is 23.1 Å². The molecule has 0 amide bonds. The highest BCUT2D eigenvalue weighted by Crippen LogP contribution is 2.27. The quantitative estimate of drug-likeness (QED) is 0.909. The number of hydrogen-bond donors (Lipinski definition) is 1. The molecule has 0 aromatic heterocycles. The fourth-order valence-electron chi connectivity index (χ4n) is 2.96. The zero-order valence-corrected chi connectivity index (χ0v) is 13.9. The van der Waals surface area contributed by atoms with E-state index in [1.807, 2.05) is 6.92 Å². The second kappa shape index (κ2) is 6.79. The van der Waals surface area contributed by atoms with Gasteiger partial charge in [0.1, 0.15) is 5.75 Å². The molecule has 1 aliphatic carbocycles. The Morgan fingerprint density at radius 2 is 2.00 bits per heavy atom. The minimum Gasteiger partial charge on any atom is -0.496 e. The lowest BCUT2D eigenvalue weighted by molar-refractivity contribution is 0.310. The maximum atomic E-state index is 12.6. The molecule has 4 nitrogen and oxygen atoms in total. The van der Waals surface area contributed by atoms with Crippen LogP contribution in [0.3, 0.4) is 0 Å². The molecule has 1 N–H and O–H groups in total. The van der Waals surface area contributed by atoms with Crippen LogP contribution >= 0.6 is 0 Å². The Morgan fingerprint density at radius 3 is 2.62 bits per heavy atom. The SMILES string of the molecule is CCc1cc(S(=O)(=O)N[C@H]2CCCC[C@@H]2C)ccc1OC. The van der Waals surface area contributed by atoms with Crippen molar-refractivity contribution in [3.63, 3.8) is 0 Å². The molecule has 5 heteroatoms. The smallest absolute Gasteiger partial charge is 0.240 e. The third-order valence-electron chi connectivity index (χ3n) is 4.36. The van der Waals surface area contributed by atoms with Gasteiger partial charge in [0, 0.05) is 6.04 Å². The molecule has 1 aromatic carbocycles. The molecule has 1 aliphatic rings. The Morgan fingerprint density at radius 1 is 1.29 bits per heavy atom. The van der Waals surface area contributed by atoms with Gasteiger partial charge in [0.2, 0.25) is 10.0 Å². The largest absolute Gasteiger partial charge is 0.496 e. The zero-order valence-electron chi connectivity index (χ0n) is 13.1. The van der Waals surface area contributed by atoms with E-state index in [0.29, 0.717) is 10.8 Å². The first-order valence-corrected chi connectivity index (χ1v) is 9.15. The van der Waals surface area contributed by atoms with Gasteiger partial charge in [-0.1, -0.05) is 26.7 Å². The van der Waals surface area contributed by atoms with Crippen LogP contribution in [0.2, 0.25) is 0 Å². The Bertz CT molecular complexity index is 583.